The van der Waals surface area contributed by atoms with Crippen LogP contribution >= 0.6 is 8.25 Å². The summed E-state index contributed by atoms with van der Waals surface area (Å²) in [5.74, 6) is 0. The third-order valence-electron chi connectivity index (χ3n) is 1.46. The van der Waals surface area contributed by atoms with Crippen molar-refractivity contribution in [3.63, 3.8) is 0 Å². The second-order valence-electron chi connectivity index (χ2n) is 2.61. The van der Waals surface area contributed by atoms with Crippen molar-refractivity contribution < 1.29 is 44.6 Å². The normalized spacial score (nSPS) is 11.3. The van der Waals surface area contributed by atoms with E-state index in [0.29, 0.717) is 6.61 Å². The van der Waals surface area contributed by atoms with Gasteiger partial charge < -0.3 is 12.9 Å². The fourth-order valence-electron chi connectivity index (χ4n) is 0.618. The number of nitrogens with two attached hydrogens (primary N) is 2. The molecule has 0 amide bonds. The summed E-state index contributed by atoms with van der Waals surface area (Å²) in [6, 6.07) is 0. The van der Waals surface area contributed by atoms with Crippen LogP contribution in [-0.4, -0.2) is 25.8 Å². The molecule has 0 aliphatic rings. The standard InChI is InChI=1S/C7H18N2O3P.Na.H/c1-2-3-4-11-13(10)12-7(5-8)6-9;;/h7H,2-6,8-9H2,1H3;;/q2*+1;-1. The van der Waals surface area contributed by atoms with E-state index in [1.807, 2.05) is 6.92 Å². The summed E-state index contributed by atoms with van der Waals surface area (Å²) in [5.41, 5.74) is 10.6. The maximum Gasteiger partial charge on any atom is 1.00 e. The van der Waals surface area contributed by atoms with Gasteiger partial charge in [-0.05, 0) is 6.42 Å². The molecule has 4 N–H and O–H groups in total. The van der Waals surface area contributed by atoms with Crippen LogP contribution < -0.4 is 41.0 Å². The summed E-state index contributed by atoms with van der Waals surface area (Å²) in [4.78, 5) is 0. The Morgan fingerprint density at radius 1 is 1.43 bits per heavy atom. The van der Waals surface area contributed by atoms with E-state index in [-0.39, 0.29) is 50.2 Å². The van der Waals surface area contributed by atoms with Crippen LogP contribution in [0.5, 0.6) is 0 Å². The van der Waals surface area contributed by atoms with Crippen molar-refractivity contribution in [1.82, 2.24) is 0 Å². The van der Waals surface area contributed by atoms with Gasteiger partial charge in [-0.3, -0.25) is 0 Å². The van der Waals surface area contributed by atoms with Crippen molar-refractivity contribution in [3.8, 4) is 0 Å². The predicted octanol–water partition coefficient (Wildman–Crippen LogP) is -2.12. The van der Waals surface area contributed by atoms with Crippen molar-refractivity contribution in [2.75, 3.05) is 19.7 Å². The zero-order valence-corrected chi connectivity index (χ0v) is 11.8. The minimum atomic E-state index is -2.05. The van der Waals surface area contributed by atoms with Crippen LogP contribution in [0.25, 0.3) is 0 Å². The Hall–Kier alpha value is 0.940. The third kappa shape index (κ3) is 9.49. The number of rotatable bonds is 8. The summed E-state index contributed by atoms with van der Waals surface area (Å²) >= 11 is 0. The maximum atomic E-state index is 11.0. The topological polar surface area (TPSA) is 87.6 Å². The molecule has 0 aromatic carbocycles. The van der Waals surface area contributed by atoms with Gasteiger partial charge in [0.2, 0.25) is 0 Å². The third-order valence-corrected chi connectivity index (χ3v) is 2.32. The van der Waals surface area contributed by atoms with Gasteiger partial charge in [0.1, 0.15) is 12.7 Å². The molecular weight excluding hydrogens is 214 g/mol. The van der Waals surface area contributed by atoms with Crippen LogP contribution in [0.15, 0.2) is 0 Å². The molecular formula is C7H19N2NaO3P+. The molecule has 1 unspecified atom stereocenters. The van der Waals surface area contributed by atoms with Crippen molar-refractivity contribution in [1.29, 1.82) is 0 Å². The van der Waals surface area contributed by atoms with Crippen LogP contribution in [0.4, 0.5) is 0 Å². The van der Waals surface area contributed by atoms with Gasteiger partial charge in [0.25, 0.3) is 0 Å². The zero-order chi connectivity index (χ0) is 10.1. The second kappa shape index (κ2) is 12.0. The Kier molecular flexibility index (Phi) is 14.9. The number of unbranched alkanes of at least 4 members (excludes halogenated alkanes) is 1. The van der Waals surface area contributed by atoms with E-state index in [1.54, 1.807) is 0 Å². The largest absolute Gasteiger partial charge is 1.00 e. The number of hydrogen-bond acceptors (Lipinski definition) is 5. The van der Waals surface area contributed by atoms with Crippen LogP contribution in [0.1, 0.15) is 21.2 Å². The van der Waals surface area contributed by atoms with E-state index in [9.17, 15) is 4.57 Å². The molecule has 0 saturated carbocycles. The summed E-state index contributed by atoms with van der Waals surface area (Å²) < 4.78 is 20.9. The monoisotopic (exact) mass is 233 g/mol. The summed E-state index contributed by atoms with van der Waals surface area (Å²) in [6.07, 6.45) is 1.51. The molecule has 14 heavy (non-hydrogen) atoms. The molecule has 0 aliphatic heterocycles. The predicted molar refractivity (Wildman–Crippen MR) is 52.6 cm³/mol. The van der Waals surface area contributed by atoms with Crippen molar-refractivity contribution in [2.24, 2.45) is 11.5 Å². The van der Waals surface area contributed by atoms with Crippen molar-refractivity contribution in [3.05, 3.63) is 0 Å². The molecule has 80 valence electrons. The van der Waals surface area contributed by atoms with Gasteiger partial charge in [-0.1, -0.05) is 13.3 Å². The Balaban J connectivity index is -0.000000720. The molecule has 0 aromatic heterocycles. The molecule has 0 bridgehead atoms. The zero-order valence-electron chi connectivity index (χ0n) is 9.94. The molecule has 0 rings (SSSR count). The van der Waals surface area contributed by atoms with Crippen LogP contribution in [-0.2, 0) is 13.6 Å². The van der Waals surface area contributed by atoms with Gasteiger partial charge in [0, 0.05) is 17.7 Å². The molecule has 1 atom stereocenters. The Morgan fingerprint density at radius 3 is 2.43 bits per heavy atom. The average Bonchev–Trinajstić information content (AvgIpc) is 2.14. The molecule has 0 aliphatic carbocycles. The summed E-state index contributed by atoms with van der Waals surface area (Å²) in [5, 5.41) is 0. The average molecular weight is 233 g/mol. The fourth-order valence-corrected chi connectivity index (χ4v) is 1.37. The quantitative estimate of drug-likeness (QED) is 0.284. The van der Waals surface area contributed by atoms with Gasteiger partial charge in [-0.2, -0.15) is 0 Å². The molecule has 0 spiro atoms. The molecule has 0 saturated heterocycles. The first-order valence-electron chi connectivity index (χ1n) is 4.41. The smallest absolute Gasteiger partial charge is 1.00 e. The Morgan fingerprint density at radius 2 is 2.00 bits per heavy atom. The second-order valence-corrected chi connectivity index (χ2v) is 3.53. The minimum absolute atomic E-state index is 0. The van der Waals surface area contributed by atoms with Crippen LogP contribution in [0.2, 0.25) is 0 Å². The molecule has 0 heterocycles. The first kappa shape index (κ1) is 17.3. The molecule has 0 aromatic rings. The van der Waals surface area contributed by atoms with Gasteiger partial charge in [0.15, 0.2) is 0 Å². The van der Waals surface area contributed by atoms with Gasteiger partial charge in [-0.25, -0.2) is 0 Å². The van der Waals surface area contributed by atoms with E-state index in [1.165, 1.54) is 0 Å². The molecule has 0 radical (unpaired) electrons. The van der Waals surface area contributed by atoms with Gasteiger partial charge >= 0.3 is 37.8 Å². The molecule has 7 heteroatoms. The Labute approximate surface area is 110 Å². The molecule has 0 fully saturated rings. The fraction of sp³-hybridized carbons (Fsp3) is 1.00. The van der Waals surface area contributed by atoms with Crippen LogP contribution in [0, 0.1) is 0 Å². The van der Waals surface area contributed by atoms with Gasteiger partial charge in [0.05, 0.1) is 0 Å². The maximum absolute atomic E-state index is 11.0. The van der Waals surface area contributed by atoms with Crippen molar-refractivity contribution in [2.45, 2.75) is 25.9 Å². The summed E-state index contributed by atoms with van der Waals surface area (Å²) in [6.45, 7) is 3.00. The van der Waals surface area contributed by atoms with E-state index in [2.05, 4.69) is 0 Å². The van der Waals surface area contributed by atoms with Gasteiger partial charge in [-0.15, -0.1) is 9.05 Å². The Bertz CT molecular complexity index is 152. The van der Waals surface area contributed by atoms with E-state index in [4.69, 9.17) is 20.5 Å². The van der Waals surface area contributed by atoms with Crippen LogP contribution in [0.3, 0.4) is 0 Å². The SMILES string of the molecule is CCCCO[P+](=O)OC(CN)CN.[H-].[Na+]. The van der Waals surface area contributed by atoms with Crippen molar-refractivity contribution >= 4 is 8.25 Å². The summed E-state index contributed by atoms with van der Waals surface area (Å²) in [7, 11) is -2.05. The van der Waals surface area contributed by atoms with E-state index in [0.717, 1.165) is 12.8 Å². The van der Waals surface area contributed by atoms with E-state index < -0.39 is 8.25 Å². The molecule has 5 nitrogen and oxygen atoms in total. The first-order chi connectivity index (χ1) is 6.24. The number of hydrogen-bond donors (Lipinski definition) is 2. The minimum Gasteiger partial charge on any atom is -1.00 e. The first-order valence-corrected chi connectivity index (χ1v) is 5.51. The van der Waals surface area contributed by atoms with E-state index >= 15 is 0 Å².